The second-order valence-electron chi connectivity index (χ2n) is 4.63. The minimum absolute atomic E-state index is 0.0381. The zero-order valence-electron chi connectivity index (χ0n) is 12.5. The normalized spacial score (nSPS) is 13.2. The van der Waals surface area contributed by atoms with Gasteiger partial charge in [-0.05, 0) is 30.1 Å². The molecule has 0 fully saturated rings. The molecule has 0 aliphatic heterocycles. The topological polar surface area (TPSA) is 117 Å². The Morgan fingerprint density at radius 3 is 2.82 bits per heavy atom. The molecule has 2 amide bonds. The summed E-state index contributed by atoms with van der Waals surface area (Å²) in [5.74, 6) is 0.588. The highest BCUT2D eigenvalue weighted by molar-refractivity contribution is 7.99. The Labute approximate surface area is 134 Å². The van der Waals surface area contributed by atoms with Gasteiger partial charge in [0.1, 0.15) is 6.10 Å². The predicted octanol–water partition coefficient (Wildman–Crippen LogP) is -0.397. The van der Waals surface area contributed by atoms with E-state index in [1.807, 2.05) is 6.92 Å². The molecule has 1 aromatic heterocycles. The van der Waals surface area contributed by atoms with E-state index >= 15 is 0 Å². The number of amides is 2. The van der Waals surface area contributed by atoms with E-state index in [1.165, 1.54) is 0 Å². The van der Waals surface area contributed by atoms with Crippen molar-refractivity contribution in [3.8, 4) is 0 Å². The van der Waals surface area contributed by atoms with E-state index in [1.54, 1.807) is 36.2 Å². The lowest BCUT2D eigenvalue weighted by Crippen LogP contribution is -2.52. The number of hydrogen-bond acceptors (Lipinski definition) is 6. The third kappa shape index (κ3) is 6.88. The summed E-state index contributed by atoms with van der Waals surface area (Å²) in [6.07, 6.45) is 0.788. The van der Waals surface area contributed by atoms with Crippen LogP contribution in [-0.2, 0) is 16.0 Å². The standard InChI is InChI=1S/C14H22N4O3S/c1-2-22-8-6-11(15)13(20)14(21)18-17-12(19)9-10-5-3-4-7-16-10/h3-5,7,11,13,20H,2,6,8-9,15H2,1H3,(H,17,19)(H,18,21)/t11-,13?/m1/s1. The van der Waals surface area contributed by atoms with Crippen molar-refractivity contribution in [3.63, 3.8) is 0 Å². The maximum atomic E-state index is 11.7. The SMILES string of the molecule is CCSCC[C@@H](N)C(O)C(=O)NNC(=O)Cc1ccccn1. The second kappa shape index (κ2) is 10.1. The van der Waals surface area contributed by atoms with E-state index in [-0.39, 0.29) is 6.42 Å². The van der Waals surface area contributed by atoms with Crippen LogP contribution in [0.15, 0.2) is 24.4 Å². The zero-order chi connectivity index (χ0) is 16.4. The first kappa shape index (κ1) is 18.4. The minimum atomic E-state index is -1.35. The number of hydrogen-bond donors (Lipinski definition) is 4. The highest BCUT2D eigenvalue weighted by Crippen LogP contribution is 2.05. The molecule has 0 spiro atoms. The number of nitrogens with one attached hydrogen (secondary N) is 2. The number of aliphatic hydroxyl groups excluding tert-OH is 1. The van der Waals surface area contributed by atoms with E-state index in [9.17, 15) is 14.7 Å². The molecule has 7 nitrogen and oxygen atoms in total. The summed E-state index contributed by atoms with van der Waals surface area (Å²) >= 11 is 1.69. The van der Waals surface area contributed by atoms with Crippen molar-refractivity contribution in [2.24, 2.45) is 5.73 Å². The third-order valence-electron chi connectivity index (χ3n) is 2.87. The third-order valence-corrected chi connectivity index (χ3v) is 3.80. The fourth-order valence-corrected chi connectivity index (χ4v) is 2.36. The first-order valence-electron chi connectivity index (χ1n) is 7.04. The molecule has 122 valence electrons. The summed E-state index contributed by atoms with van der Waals surface area (Å²) in [6, 6.07) is 4.56. The van der Waals surface area contributed by atoms with Gasteiger partial charge in [0, 0.05) is 17.9 Å². The molecular weight excluding hydrogens is 304 g/mol. The Bertz CT molecular complexity index is 472. The highest BCUT2D eigenvalue weighted by Gasteiger charge is 2.22. The summed E-state index contributed by atoms with van der Waals surface area (Å²) in [5.41, 5.74) is 10.7. The van der Waals surface area contributed by atoms with Gasteiger partial charge in [0.2, 0.25) is 5.91 Å². The van der Waals surface area contributed by atoms with E-state index in [0.717, 1.165) is 11.5 Å². The molecule has 0 aromatic carbocycles. The molecule has 1 rings (SSSR count). The Hall–Kier alpha value is -1.64. The van der Waals surface area contributed by atoms with Crippen molar-refractivity contribution >= 4 is 23.6 Å². The van der Waals surface area contributed by atoms with Gasteiger partial charge < -0.3 is 10.8 Å². The van der Waals surface area contributed by atoms with Crippen LogP contribution in [0.4, 0.5) is 0 Å². The number of carbonyl (C=O) groups is 2. The van der Waals surface area contributed by atoms with Crippen LogP contribution >= 0.6 is 11.8 Å². The molecule has 1 aromatic rings. The first-order chi connectivity index (χ1) is 10.5. The van der Waals surface area contributed by atoms with Gasteiger partial charge in [-0.3, -0.25) is 25.4 Å². The Kier molecular flexibility index (Phi) is 8.49. The number of nitrogens with zero attached hydrogens (tertiary/aromatic N) is 1. The fourth-order valence-electron chi connectivity index (χ4n) is 1.63. The quantitative estimate of drug-likeness (QED) is 0.381. The molecule has 22 heavy (non-hydrogen) atoms. The van der Waals surface area contributed by atoms with Gasteiger partial charge in [-0.15, -0.1) is 0 Å². The first-order valence-corrected chi connectivity index (χ1v) is 8.20. The van der Waals surface area contributed by atoms with Crippen LogP contribution in [0.3, 0.4) is 0 Å². The Morgan fingerprint density at radius 1 is 1.41 bits per heavy atom. The van der Waals surface area contributed by atoms with Gasteiger partial charge in [0.15, 0.2) is 0 Å². The molecule has 0 saturated carbocycles. The molecule has 1 heterocycles. The lowest BCUT2D eigenvalue weighted by Gasteiger charge is -2.18. The van der Waals surface area contributed by atoms with Gasteiger partial charge >= 0.3 is 0 Å². The largest absolute Gasteiger partial charge is 0.382 e. The lowest BCUT2D eigenvalue weighted by molar-refractivity contribution is -0.134. The number of hydrazine groups is 1. The molecule has 0 aliphatic rings. The second-order valence-corrected chi connectivity index (χ2v) is 6.02. The fraction of sp³-hybridized carbons (Fsp3) is 0.500. The van der Waals surface area contributed by atoms with Crippen molar-refractivity contribution in [2.75, 3.05) is 11.5 Å². The molecule has 0 aliphatic carbocycles. The summed E-state index contributed by atoms with van der Waals surface area (Å²) < 4.78 is 0. The van der Waals surface area contributed by atoms with Gasteiger partial charge in [-0.25, -0.2) is 0 Å². The van der Waals surface area contributed by atoms with E-state index in [4.69, 9.17) is 5.73 Å². The van der Waals surface area contributed by atoms with Crippen LogP contribution in [0.5, 0.6) is 0 Å². The molecule has 0 saturated heterocycles. The Morgan fingerprint density at radius 2 is 2.18 bits per heavy atom. The number of rotatable bonds is 8. The summed E-state index contributed by atoms with van der Waals surface area (Å²) in [4.78, 5) is 27.3. The predicted molar refractivity (Wildman–Crippen MR) is 85.8 cm³/mol. The smallest absolute Gasteiger partial charge is 0.268 e. The average molecular weight is 326 g/mol. The Balaban J connectivity index is 2.30. The number of carbonyl (C=O) groups excluding carboxylic acids is 2. The summed E-state index contributed by atoms with van der Waals surface area (Å²) in [6.45, 7) is 2.02. The van der Waals surface area contributed by atoms with Crippen LogP contribution in [-0.4, -0.2) is 45.6 Å². The van der Waals surface area contributed by atoms with Crippen molar-refractivity contribution in [1.82, 2.24) is 15.8 Å². The van der Waals surface area contributed by atoms with Crippen LogP contribution < -0.4 is 16.6 Å². The molecule has 0 radical (unpaired) electrons. The van der Waals surface area contributed by atoms with Crippen LogP contribution in [0.1, 0.15) is 19.0 Å². The molecular formula is C14H22N4O3S. The van der Waals surface area contributed by atoms with Gasteiger partial charge in [0.05, 0.1) is 6.42 Å². The number of nitrogens with two attached hydrogens (primary N) is 1. The lowest BCUT2D eigenvalue weighted by atomic mass is 10.1. The zero-order valence-corrected chi connectivity index (χ0v) is 13.3. The van der Waals surface area contributed by atoms with Crippen LogP contribution in [0.25, 0.3) is 0 Å². The van der Waals surface area contributed by atoms with Crippen LogP contribution in [0, 0.1) is 0 Å². The summed E-state index contributed by atoms with van der Waals surface area (Å²) in [5, 5.41) is 9.78. The number of pyridine rings is 1. The van der Waals surface area contributed by atoms with E-state index in [2.05, 4.69) is 15.8 Å². The van der Waals surface area contributed by atoms with Crippen molar-refractivity contribution < 1.29 is 14.7 Å². The molecule has 8 heteroatoms. The van der Waals surface area contributed by atoms with Gasteiger partial charge in [-0.2, -0.15) is 11.8 Å². The minimum Gasteiger partial charge on any atom is -0.382 e. The monoisotopic (exact) mass is 326 g/mol. The summed E-state index contributed by atoms with van der Waals surface area (Å²) in [7, 11) is 0. The van der Waals surface area contributed by atoms with E-state index in [0.29, 0.717) is 12.1 Å². The van der Waals surface area contributed by atoms with Gasteiger partial charge in [-0.1, -0.05) is 13.0 Å². The van der Waals surface area contributed by atoms with E-state index < -0.39 is 24.0 Å². The number of thioether (sulfide) groups is 1. The van der Waals surface area contributed by atoms with Crippen LogP contribution in [0.2, 0.25) is 0 Å². The van der Waals surface area contributed by atoms with Crippen molar-refractivity contribution in [1.29, 1.82) is 0 Å². The maximum absolute atomic E-state index is 11.7. The highest BCUT2D eigenvalue weighted by atomic mass is 32.2. The van der Waals surface area contributed by atoms with Gasteiger partial charge in [0.25, 0.3) is 5.91 Å². The molecule has 1 unspecified atom stereocenters. The molecule has 0 bridgehead atoms. The maximum Gasteiger partial charge on any atom is 0.268 e. The number of aliphatic hydroxyl groups is 1. The molecule has 2 atom stereocenters. The van der Waals surface area contributed by atoms with Crippen molar-refractivity contribution in [3.05, 3.63) is 30.1 Å². The number of aromatic nitrogens is 1. The molecule has 5 N–H and O–H groups in total. The van der Waals surface area contributed by atoms with Crippen molar-refractivity contribution in [2.45, 2.75) is 31.9 Å². The average Bonchev–Trinajstić information content (AvgIpc) is 2.53.